The van der Waals surface area contributed by atoms with Crippen molar-refractivity contribution >= 4 is 54.3 Å². The Hall–Kier alpha value is 2.25. The Morgan fingerprint density at radius 3 is 0.750 bits per heavy atom. The summed E-state index contributed by atoms with van der Waals surface area (Å²) >= 11 is 0. The third kappa shape index (κ3) is 8.87. The van der Waals surface area contributed by atoms with Crippen LogP contribution in [0, 0.1) is 0 Å². The Morgan fingerprint density at radius 1 is 0.750 bits per heavy atom. The van der Waals surface area contributed by atoms with Crippen molar-refractivity contribution in [3.05, 3.63) is 0 Å². The van der Waals surface area contributed by atoms with Crippen molar-refractivity contribution in [2.45, 2.75) is 0 Å². The fourth-order valence-electron chi connectivity index (χ4n) is 0. The summed E-state index contributed by atoms with van der Waals surface area (Å²) in [5.74, 6) is 0. The summed E-state index contributed by atoms with van der Waals surface area (Å²) in [4.78, 5) is 0. The van der Waals surface area contributed by atoms with Crippen LogP contribution in [-0.4, -0.2) is 27.3 Å². The zero-order valence-electron chi connectivity index (χ0n) is 2.02. The van der Waals surface area contributed by atoms with Gasteiger partial charge in [0.25, 0.3) is 0 Å². The molecular formula is PbS2Zn. The molecule has 0 aliphatic rings. The average Bonchev–Trinajstić information content (AvgIpc) is 0. The molecule has 18 valence electrons. The molecule has 4 heteroatoms. The molecule has 4 heavy (non-hydrogen) atoms. The monoisotopic (exact) mass is 336 g/mol. The van der Waals surface area contributed by atoms with E-state index in [2.05, 4.69) is 0 Å². The van der Waals surface area contributed by atoms with E-state index < -0.39 is 0 Å². The largest absolute Gasteiger partial charge is 2.00 e. The predicted molar refractivity (Wildman–Crippen MR) is 20.5 cm³/mol. The Morgan fingerprint density at radius 2 is 0.750 bits per heavy atom. The molecule has 0 aliphatic carbocycles. The first kappa shape index (κ1) is 34.1. The molecule has 2 radical (unpaired) electrons. The van der Waals surface area contributed by atoms with Crippen LogP contribution in [0.4, 0.5) is 0 Å². The summed E-state index contributed by atoms with van der Waals surface area (Å²) in [6.07, 6.45) is 0. The molecule has 0 heterocycles. The first-order chi connectivity index (χ1) is 0. The van der Waals surface area contributed by atoms with Crippen LogP contribution in [0.5, 0.6) is 0 Å². The third-order valence-corrected chi connectivity index (χ3v) is 0. The molecule has 0 bridgehead atoms. The van der Waals surface area contributed by atoms with Crippen LogP contribution in [0.25, 0.3) is 0 Å². The second kappa shape index (κ2) is 18.8. The molecule has 0 unspecified atom stereocenters. The molecule has 0 saturated heterocycles. The van der Waals surface area contributed by atoms with Crippen LogP contribution >= 0.6 is 0 Å². The number of rotatable bonds is 0. The standard InChI is InChI=1S/Pb.2S.Zn/q+2;2*-2;+2. The predicted octanol–water partition coefficient (Wildman–Crippen LogP) is -0.388. The summed E-state index contributed by atoms with van der Waals surface area (Å²) < 4.78 is 0. The second-order valence-electron chi connectivity index (χ2n) is 0. The molecule has 0 amide bonds. The van der Waals surface area contributed by atoms with Crippen LogP contribution in [0.3, 0.4) is 0 Å². The quantitative estimate of drug-likeness (QED) is 0.529. The number of hydrogen-bond donors (Lipinski definition) is 0. The van der Waals surface area contributed by atoms with Gasteiger partial charge in [0.1, 0.15) is 0 Å². The minimum Gasteiger partial charge on any atom is -2.00 e. The second-order valence-corrected chi connectivity index (χ2v) is 0. The van der Waals surface area contributed by atoms with Crippen LogP contribution < -0.4 is 0 Å². The fourth-order valence-corrected chi connectivity index (χ4v) is 0. The maximum absolute atomic E-state index is 0. The van der Waals surface area contributed by atoms with Crippen molar-refractivity contribution in [1.29, 1.82) is 0 Å². The van der Waals surface area contributed by atoms with Gasteiger partial charge in [-0.2, -0.15) is 0 Å². The van der Waals surface area contributed by atoms with Crippen LogP contribution in [0.2, 0.25) is 0 Å². The molecule has 0 atom stereocenters. The van der Waals surface area contributed by atoms with Gasteiger partial charge in [-0.3, -0.25) is 0 Å². The van der Waals surface area contributed by atoms with E-state index in [0.29, 0.717) is 0 Å². The normalized spacial score (nSPS) is 0. The fraction of sp³-hybridized carbons (Fsp3) is 0. The Balaban J connectivity index is 0. The van der Waals surface area contributed by atoms with Crippen LogP contribution in [0.1, 0.15) is 0 Å². The summed E-state index contributed by atoms with van der Waals surface area (Å²) in [6.45, 7) is 0. The molecule has 0 aromatic rings. The van der Waals surface area contributed by atoms with E-state index >= 15 is 0 Å². The zero-order chi connectivity index (χ0) is 0. The van der Waals surface area contributed by atoms with Gasteiger partial charge < -0.3 is 27.0 Å². The van der Waals surface area contributed by atoms with Crippen molar-refractivity contribution in [3.8, 4) is 0 Å². The summed E-state index contributed by atoms with van der Waals surface area (Å²) in [7, 11) is 0. The van der Waals surface area contributed by atoms with E-state index in [0.717, 1.165) is 0 Å². The van der Waals surface area contributed by atoms with E-state index in [-0.39, 0.29) is 73.8 Å². The Bertz CT molecular complexity index is 6.00. The van der Waals surface area contributed by atoms with Gasteiger partial charge in [-0.25, -0.2) is 0 Å². The van der Waals surface area contributed by atoms with Gasteiger partial charge in [0.15, 0.2) is 0 Å². The van der Waals surface area contributed by atoms with Gasteiger partial charge in [-0.15, -0.1) is 0 Å². The van der Waals surface area contributed by atoms with Crippen LogP contribution in [0.15, 0.2) is 0 Å². The summed E-state index contributed by atoms with van der Waals surface area (Å²) in [5.41, 5.74) is 0. The molecule has 0 aliphatic heterocycles. The van der Waals surface area contributed by atoms with Gasteiger partial charge in [0, 0.05) is 0 Å². The molecule has 0 nitrogen and oxygen atoms in total. The molecule has 0 rings (SSSR count). The molecular weight excluding hydrogens is 337 g/mol. The SMILES string of the molecule is [Pb+2].[S-2].[S-2].[Zn+2]. The average molecular weight is 337 g/mol. The van der Waals surface area contributed by atoms with Gasteiger partial charge >= 0.3 is 46.8 Å². The van der Waals surface area contributed by atoms with Gasteiger partial charge in [0.2, 0.25) is 0 Å². The van der Waals surface area contributed by atoms with E-state index in [9.17, 15) is 0 Å². The molecule has 0 aromatic carbocycles. The first-order valence-electron chi connectivity index (χ1n) is 0. The Kier molecular flexibility index (Phi) is 160. The topological polar surface area (TPSA) is 0 Å². The summed E-state index contributed by atoms with van der Waals surface area (Å²) in [6, 6.07) is 0. The van der Waals surface area contributed by atoms with E-state index in [1.807, 2.05) is 0 Å². The minimum absolute atomic E-state index is 0. The van der Waals surface area contributed by atoms with Gasteiger partial charge in [-0.1, -0.05) is 0 Å². The molecule has 0 spiro atoms. The minimum atomic E-state index is 0. The maximum Gasteiger partial charge on any atom is 2.00 e. The maximum atomic E-state index is 0. The zero-order valence-corrected chi connectivity index (χ0v) is 10.5. The smallest absolute Gasteiger partial charge is 2.00 e. The molecule has 0 N–H and O–H groups in total. The van der Waals surface area contributed by atoms with Gasteiger partial charge in [-0.05, 0) is 0 Å². The van der Waals surface area contributed by atoms with E-state index in [4.69, 9.17) is 0 Å². The van der Waals surface area contributed by atoms with Crippen molar-refractivity contribution in [3.63, 3.8) is 0 Å². The van der Waals surface area contributed by atoms with Crippen molar-refractivity contribution in [2.24, 2.45) is 0 Å². The van der Waals surface area contributed by atoms with Crippen molar-refractivity contribution in [2.75, 3.05) is 0 Å². The van der Waals surface area contributed by atoms with E-state index in [1.54, 1.807) is 0 Å². The van der Waals surface area contributed by atoms with Crippen LogP contribution in [-0.2, 0) is 46.5 Å². The third-order valence-electron chi connectivity index (χ3n) is 0. The molecule has 0 saturated carbocycles. The molecule has 0 aromatic heterocycles. The van der Waals surface area contributed by atoms with Crippen molar-refractivity contribution in [1.82, 2.24) is 0 Å². The van der Waals surface area contributed by atoms with E-state index in [1.165, 1.54) is 0 Å². The molecule has 0 fully saturated rings. The Labute approximate surface area is 72.9 Å². The van der Waals surface area contributed by atoms with Crippen molar-refractivity contribution < 1.29 is 19.5 Å². The first-order valence-corrected chi connectivity index (χ1v) is 0. The van der Waals surface area contributed by atoms with Gasteiger partial charge in [0.05, 0.1) is 0 Å². The summed E-state index contributed by atoms with van der Waals surface area (Å²) in [5, 5.41) is 0. The number of hydrogen-bond acceptors (Lipinski definition) is 0.